The molecule has 1 aromatic carbocycles. The normalized spacial score (nSPS) is 27.9. The van der Waals surface area contributed by atoms with Gasteiger partial charge in [-0.15, -0.1) is 0 Å². The summed E-state index contributed by atoms with van der Waals surface area (Å²) < 4.78 is 0. The van der Waals surface area contributed by atoms with Crippen LogP contribution in [0.1, 0.15) is 70.4 Å². The summed E-state index contributed by atoms with van der Waals surface area (Å²) >= 11 is 0. The van der Waals surface area contributed by atoms with Crippen molar-refractivity contribution in [1.29, 1.82) is 0 Å². The van der Waals surface area contributed by atoms with Gasteiger partial charge in [0.25, 0.3) is 0 Å². The summed E-state index contributed by atoms with van der Waals surface area (Å²) in [5.41, 5.74) is 5.47. The molecule has 7 rings (SSSR count). The first-order chi connectivity index (χ1) is 17.4. The molecule has 2 heterocycles. The van der Waals surface area contributed by atoms with Gasteiger partial charge in [0.15, 0.2) is 0 Å². The Bertz CT molecular complexity index is 1100. The molecule has 188 valence electrons. The van der Waals surface area contributed by atoms with Crippen molar-refractivity contribution in [1.82, 2.24) is 9.97 Å². The smallest absolute Gasteiger partial charge is 0.0695 e. The van der Waals surface area contributed by atoms with E-state index < -0.39 is 7.92 Å². The van der Waals surface area contributed by atoms with Crippen molar-refractivity contribution >= 4 is 26.7 Å². The van der Waals surface area contributed by atoms with Gasteiger partial charge < -0.3 is 0 Å². The highest BCUT2D eigenvalue weighted by Crippen LogP contribution is 2.73. The maximum atomic E-state index is 4.80. The Kier molecular flexibility index (Phi) is 6.81. The third kappa shape index (κ3) is 4.93. The van der Waals surface area contributed by atoms with Crippen LogP contribution in [0.15, 0.2) is 73.1 Å². The van der Waals surface area contributed by atoms with Crippen LogP contribution in [0.25, 0.3) is 0 Å². The van der Waals surface area contributed by atoms with E-state index in [1.54, 1.807) is 5.56 Å². The van der Waals surface area contributed by atoms with E-state index in [1.165, 1.54) is 61.1 Å². The third-order valence-electron chi connectivity index (χ3n) is 9.02. The Morgan fingerprint density at radius 1 is 0.694 bits per heavy atom. The molecule has 4 saturated carbocycles. The molecule has 0 amide bonds. The number of nitrogens with zero attached hydrogens (tertiary/aromatic N) is 2. The highest BCUT2D eigenvalue weighted by molar-refractivity contribution is 7.71. The van der Waals surface area contributed by atoms with E-state index >= 15 is 0 Å². The second-order valence-corrected chi connectivity index (χ2v) is 18.2. The van der Waals surface area contributed by atoms with E-state index in [-0.39, 0.29) is 7.92 Å². The number of pyridine rings is 2. The van der Waals surface area contributed by atoms with Crippen molar-refractivity contribution in [2.24, 2.45) is 17.8 Å². The van der Waals surface area contributed by atoms with Crippen LogP contribution in [-0.4, -0.2) is 20.3 Å². The Morgan fingerprint density at radius 2 is 1.17 bits per heavy atom. The molecule has 0 saturated heterocycles. The largest absolute Gasteiger partial charge is 0.256 e. The molecule has 4 heteroatoms. The van der Waals surface area contributed by atoms with Crippen LogP contribution < -0.4 is 10.9 Å². The predicted octanol–water partition coefficient (Wildman–Crippen LogP) is 7.86. The Labute approximate surface area is 220 Å². The molecular weight excluding hydrogens is 474 g/mol. The average molecular weight is 515 g/mol. The molecule has 4 bridgehead atoms. The van der Waals surface area contributed by atoms with Crippen LogP contribution in [0, 0.1) is 17.8 Å². The minimum absolute atomic E-state index is 0.126. The van der Waals surface area contributed by atoms with Gasteiger partial charge in [0.1, 0.15) is 0 Å². The summed E-state index contributed by atoms with van der Waals surface area (Å²) in [6.45, 7) is 7.65. The number of aromatic nitrogens is 2. The lowest BCUT2D eigenvalue weighted by atomic mass is 9.56. The van der Waals surface area contributed by atoms with Gasteiger partial charge in [-0.2, -0.15) is 0 Å². The van der Waals surface area contributed by atoms with Gasteiger partial charge in [0.05, 0.1) is 10.9 Å². The maximum Gasteiger partial charge on any atom is 0.0695 e. The van der Waals surface area contributed by atoms with Crippen molar-refractivity contribution in [3.8, 4) is 0 Å². The molecule has 3 aromatic rings. The summed E-state index contributed by atoms with van der Waals surface area (Å²) in [6.07, 6.45) is 15.3. The van der Waals surface area contributed by atoms with Gasteiger partial charge in [-0.1, -0.05) is 65.1 Å². The van der Waals surface area contributed by atoms with Gasteiger partial charge in [0, 0.05) is 26.5 Å². The second-order valence-electron chi connectivity index (χ2n) is 12.6. The Morgan fingerprint density at radius 3 is 1.61 bits per heavy atom. The van der Waals surface area contributed by atoms with Gasteiger partial charge in [-0.25, -0.2) is 0 Å². The lowest BCUT2D eigenvalue weighted by Gasteiger charge is -2.62. The molecule has 0 radical (unpaired) electrons. The van der Waals surface area contributed by atoms with Crippen molar-refractivity contribution < 1.29 is 0 Å². The van der Waals surface area contributed by atoms with E-state index in [0.717, 1.165) is 23.9 Å². The molecule has 1 atom stereocenters. The van der Waals surface area contributed by atoms with Crippen LogP contribution in [0.3, 0.4) is 0 Å². The fourth-order valence-corrected chi connectivity index (χ4v) is 14.5. The molecule has 0 N–H and O–H groups in total. The molecule has 4 aliphatic carbocycles. The SMILES string of the molecule is CC(C)(C)P(Cc1ccccc1CP(c1ccccn1)c1ccccn1)C12CC3CC(CC(C3)C1)C2. The Balaban J connectivity index is 1.34. The highest BCUT2D eigenvalue weighted by Gasteiger charge is 2.56. The summed E-state index contributed by atoms with van der Waals surface area (Å²) in [4.78, 5) is 9.60. The van der Waals surface area contributed by atoms with Gasteiger partial charge in [-0.05, 0) is 108 Å². The highest BCUT2D eigenvalue weighted by atomic mass is 31.1. The lowest BCUT2D eigenvalue weighted by molar-refractivity contribution is 0.0347. The van der Waals surface area contributed by atoms with Crippen molar-refractivity contribution in [3.05, 3.63) is 84.2 Å². The maximum absolute atomic E-state index is 4.80. The lowest BCUT2D eigenvalue weighted by Crippen LogP contribution is -2.51. The number of hydrogen-bond donors (Lipinski definition) is 0. The van der Waals surface area contributed by atoms with Crippen molar-refractivity contribution in [3.63, 3.8) is 0 Å². The molecule has 4 aliphatic rings. The minimum atomic E-state index is -0.639. The zero-order chi connectivity index (χ0) is 24.8. The fourth-order valence-electron chi connectivity index (χ4n) is 8.02. The summed E-state index contributed by atoms with van der Waals surface area (Å²) in [7, 11) is -0.764. The molecule has 0 aliphatic heterocycles. The molecule has 2 aromatic heterocycles. The van der Waals surface area contributed by atoms with Crippen LogP contribution in [0.4, 0.5) is 0 Å². The van der Waals surface area contributed by atoms with Crippen molar-refractivity contribution in [2.45, 2.75) is 81.9 Å². The predicted molar refractivity (Wildman–Crippen MR) is 156 cm³/mol. The van der Waals surface area contributed by atoms with E-state index in [9.17, 15) is 0 Å². The van der Waals surface area contributed by atoms with E-state index in [1.807, 2.05) is 24.5 Å². The minimum Gasteiger partial charge on any atom is -0.256 e. The van der Waals surface area contributed by atoms with Crippen LogP contribution >= 0.6 is 15.8 Å². The average Bonchev–Trinajstić information content (AvgIpc) is 2.86. The number of benzene rings is 1. The first-order valence-corrected chi connectivity index (χ1v) is 16.9. The van der Waals surface area contributed by atoms with E-state index in [0.29, 0.717) is 10.3 Å². The fraction of sp³-hybridized carbons (Fsp3) is 0.500. The second kappa shape index (κ2) is 9.93. The van der Waals surface area contributed by atoms with Crippen LogP contribution in [0.2, 0.25) is 0 Å². The topological polar surface area (TPSA) is 25.8 Å². The quantitative estimate of drug-likeness (QED) is 0.300. The first kappa shape index (κ1) is 24.7. The molecular formula is C32H40N2P2. The molecule has 2 nitrogen and oxygen atoms in total. The van der Waals surface area contributed by atoms with Gasteiger partial charge >= 0.3 is 0 Å². The molecule has 0 spiro atoms. The third-order valence-corrected chi connectivity index (χ3v) is 15.3. The summed E-state index contributed by atoms with van der Waals surface area (Å²) in [6, 6.07) is 22.0. The number of rotatable bonds is 7. The summed E-state index contributed by atoms with van der Waals surface area (Å²) in [5.74, 6) is 3.04. The van der Waals surface area contributed by atoms with Crippen LogP contribution in [-0.2, 0) is 12.3 Å². The zero-order valence-corrected chi connectivity index (χ0v) is 23.9. The zero-order valence-electron chi connectivity index (χ0n) is 22.1. The van der Waals surface area contributed by atoms with Crippen molar-refractivity contribution in [2.75, 3.05) is 0 Å². The van der Waals surface area contributed by atoms with E-state index in [2.05, 4.69) is 69.3 Å². The number of hydrogen-bond acceptors (Lipinski definition) is 2. The first-order valence-electron chi connectivity index (χ1n) is 13.8. The monoisotopic (exact) mass is 514 g/mol. The molecule has 36 heavy (non-hydrogen) atoms. The Hall–Kier alpha value is -1.62. The van der Waals surface area contributed by atoms with E-state index in [4.69, 9.17) is 9.97 Å². The van der Waals surface area contributed by atoms with Gasteiger partial charge in [0.2, 0.25) is 0 Å². The molecule has 4 fully saturated rings. The van der Waals surface area contributed by atoms with Crippen LogP contribution in [0.5, 0.6) is 0 Å². The standard InChI is InChI=1S/C32H40N2P2/c1-31(2,3)36(32-19-24-16-25(20-32)18-26(17-24)21-32)23-28-11-5-4-10-27(28)22-35(29-12-6-8-14-33-29)30-13-7-9-15-34-30/h4-15,24-26H,16-23H2,1-3H3. The molecule has 1 unspecified atom stereocenters. The summed E-state index contributed by atoms with van der Waals surface area (Å²) in [5, 5.41) is 0.989. The van der Waals surface area contributed by atoms with Gasteiger partial charge in [-0.3, -0.25) is 9.97 Å².